The molecule has 4 rings (SSSR count). The van der Waals surface area contributed by atoms with Gasteiger partial charge in [-0.3, -0.25) is 14.8 Å². The van der Waals surface area contributed by atoms with E-state index in [1.54, 1.807) is 24.4 Å². The van der Waals surface area contributed by atoms with Crippen LogP contribution >= 0.6 is 0 Å². The van der Waals surface area contributed by atoms with Crippen molar-refractivity contribution in [2.24, 2.45) is 0 Å². The number of hydrogen-bond donors (Lipinski definition) is 1. The molecule has 0 atom stereocenters. The maximum atomic E-state index is 13.3. The highest BCUT2D eigenvalue weighted by atomic mass is 19.1. The number of nitrogens with zero attached hydrogens (tertiary/aromatic N) is 2. The van der Waals surface area contributed by atoms with Crippen LogP contribution in [0.2, 0.25) is 0 Å². The fraction of sp³-hybridized carbons (Fsp3) is 0.192. The number of amides is 1. The molecule has 0 radical (unpaired) electrons. The number of halogens is 1. The Kier molecular flexibility index (Phi) is 7.86. The average molecular weight is 434 g/mol. The van der Waals surface area contributed by atoms with Crippen molar-refractivity contribution in [1.82, 2.24) is 15.3 Å². The molecule has 6 heteroatoms. The molecular formula is C26H28FN3O2. The van der Waals surface area contributed by atoms with E-state index in [2.05, 4.69) is 27.4 Å². The van der Waals surface area contributed by atoms with Crippen LogP contribution in [0.3, 0.4) is 0 Å². The van der Waals surface area contributed by atoms with E-state index in [1.807, 2.05) is 39.0 Å². The number of benzene rings is 1. The molecule has 0 aliphatic heterocycles. The molecule has 1 N–H and O–H groups in total. The molecule has 0 unspecified atom stereocenters. The Balaban J connectivity index is 0.00000125. The van der Waals surface area contributed by atoms with Gasteiger partial charge in [-0.15, -0.1) is 0 Å². The lowest BCUT2D eigenvalue weighted by atomic mass is 10.1. The minimum Gasteiger partial charge on any atom is -0.457 e. The number of nitrogens with one attached hydrogen (secondary N) is 1. The first kappa shape index (κ1) is 22.9. The van der Waals surface area contributed by atoms with Crippen LogP contribution in [-0.2, 0) is 6.54 Å². The summed E-state index contributed by atoms with van der Waals surface area (Å²) in [7, 11) is 0. The van der Waals surface area contributed by atoms with Crippen LogP contribution in [0.1, 0.15) is 48.9 Å². The minimum atomic E-state index is -0.436. The van der Waals surface area contributed by atoms with Gasteiger partial charge in [-0.2, -0.15) is 0 Å². The molecular weight excluding hydrogens is 405 g/mol. The van der Waals surface area contributed by atoms with Gasteiger partial charge in [0.05, 0.1) is 11.9 Å². The van der Waals surface area contributed by atoms with Gasteiger partial charge >= 0.3 is 0 Å². The Hall–Kier alpha value is -3.80. The first-order valence-corrected chi connectivity index (χ1v) is 10.6. The monoisotopic (exact) mass is 433 g/mol. The summed E-state index contributed by atoms with van der Waals surface area (Å²) in [5.74, 6) is 0.531. The number of aromatic nitrogens is 2. The summed E-state index contributed by atoms with van der Waals surface area (Å²) in [6.07, 6.45) is 11.5. The summed E-state index contributed by atoms with van der Waals surface area (Å²) >= 11 is 0. The highest BCUT2D eigenvalue weighted by Gasteiger charge is 2.14. The van der Waals surface area contributed by atoms with E-state index in [1.165, 1.54) is 12.3 Å². The van der Waals surface area contributed by atoms with Crippen molar-refractivity contribution >= 4 is 11.5 Å². The predicted molar refractivity (Wildman–Crippen MR) is 126 cm³/mol. The molecule has 3 aromatic rings. The maximum absolute atomic E-state index is 13.3. The zero-order valence-electron chi connectivity index (χ0n) is 18.4. The topological polar surface area (TPSA) is 64.1 Å². The van der Waals surface area contributed by atoms with E-state index in [0.717, 1.165) is 23.9 Å². The Labute approximate surface area is 189 Å². The Morgan fingerprint density at radius 1 is 1.22 bits per heavy atom. The van der Waals surface area contributed by atoms with E-state index >= 15 is 0 Å². The lowest BCUT2D eigenvalue weighted by Gasteiger charge is -2.13. The molecule has 0 spiro atoms. The van der Waals surface area contributed by atoms with Crippen molar-refractivity contribution in [1.29, 1.82) is 0 Å². The largest absolute Gasteiger partial charge is 0.457 e. The fourth-order valence-electron chi connectivity index (χ4n) is 3.21. The van der Waals surface area contributed by atoms with Crippen molar-refractivity contribution in [2.75, 3.05) is 0 Å². The number of hydrogen-bond acceptors (Lipinski definition) is 4. The van der Waals surface area contributed by atoms with E-state index in [0.29, 0.717) is 28.2 Å². The summed E-state index contributed by atoms with van der Waals surface area (Å²) < 4.78 is 19.3. The minimum absolute atomic E-state index is 0. The van der Waals surface area contributed by atoms with Gasteiger partial charge in [0.1, 0.15) is 17.3 Å². The van der Waals surface area contributed by atoms with Gasteiger partial charge in [-0.05, 0) is 48.7 Å². The smallest absolute Gasteiger partial charge is 0.251 e. The van der Waals surface area contributed by atoms with Crippen molar-refractivity contribution in [2.45, 2.75) is 33.7 Å². The van der Waals surface area contributed by atoms with E-state index in [4.69, 9.17) is 4.74 Å². The number of rotatable bonds is 6. The summed E-state index contributed by atoms with van der Waals surface area (Å²) in [4.78, 5) is 20.8. The molecule has 1 aromatic carbocycles. The number of carbonyl (C=O) groups excluding carboxylic acids is 1. The standard InChI is InChI=1S/C24H20FN3O2.C2H6.H2/c1-16-21(24(29)28-14-17-11-19(25)15-26-13-17)7-4-8-23(16)30-20-9-10-27-22(12-20)18-5-2-3-6-18;1-2;/h2,4-13,15H,3,14H2,1H3,(H,28,29);1-2H3;1H. The third kappa shape index (κ3) is 5.66. The van der Waals surface area contributed by atoms with Crippen LogP contribution in [-0.4, -0.2) is 15.9 Å². The lowest BCUT2D eigenvalue weighted by molar-refractivity contribution is 0.0950. The quantitative estimate of drug-likeness (QED) is 0.498. The molecule has 0 saturated heterocycles. The van der Waals surface area contributed by atoms with E-state index in [9.17, 15) is 9.18 Å². The molecule has 2 aromatic heterocycles. The summed E-state index contributed by atoms with van der Waals surface area (Å²) in [6.45, 7) is 6.02. The summed E-state index contributed by atoms with van der Waals surface area (Å²) in [6, 6.07) is 10.3. The van der Waals surface area contributed by atoms with Gasteiger partial charge in [0.15, 0.2) is 0 Å². The van der Waals surface area contributed by atoms with Crippen LogP contribution in [0, 0.1) is 12.7 Å². The van der Waals surface area contributed by atoms with E-state index < -0.39 is 5.82 Å². The molecule has 0 fully saturated rings. The Bertz CT molecular complexity index is 1160. The number of pyridine rings is 2. The Morgan fingerprint density at radius 3 is 2.81 bits per heavy atom. The summed E-state index contributed by atoms with van der Waals surface area (Å²) in [5.41, 5.74) is 3.71. The SMILES string of the molecule is CC.Cc1c(Oc2ccnc(C3=CCC=C3)c2)cccc1C(=O)NCc1cncc(F)c1.[HH]. The van der Waals surface area contributed by atoms with Crippen LogP contribution < -0.4 is 10.1 Å². The Morgan fingerprint density at radius 2 is 2.06 bits per heavy atom. The van der Waals surface area contributed by atoms with Crippen molar-refractivity contribution in [3.05, 3.63) is 101 Å². The third-order valence-electron chi connectivity index (χ3n) is 4.77. The van der Waals surface area contributed by atoms with Gasteiger partial charge in [0.2, 0.25) is 0 Å². The lowest BCUT2D eigenvalue weighted by Crippen LogP contribution is -2.23. The second-order valence-corrected chi connectivity index (χ2v) is 6.90. The van der Waals surface area contributed by atoms with Crippen LogP contribution in [0.5, 0.6) is 11.5 Å². The van der Waals surface area contributed by atoms with E-state index in [-0.39, 0.29) is 13.9 Å². The van der Waals surface area contributed by atoms with Crippen LogP contribution in [0.4, 0.5) is 4.39 Å². The number of carbonyl (C=O) groups is 1. The molecule has 166 valence electrons. The second kappa shape index (κ2) is 11.0. The van der Waals surface area contributed by atoms with Crippen LogP contribution in [0.25, 0.3) is 5.57 Å². The van der Waals surface area contributed by atoms with Gasteiger partial charge in [-0.25, -0.2) is 4.39 Å². The average Bonchev–Trinajstić information content (AvgIpc) is 3.36. The van der Waals surface area contributed by atoms with Gasteiger partial charge in [0, 0.05) is 37.6 Å². The number of ether oxygens (including phenoxy) is 1. The molecule has 0 bridgehead atoms. The molecule has 1 aliphatic rings. The van der Waals surface area contributed by atoms with Crippen molar-refractivity contribution < 1.29 is 15.3 Å². The number of allylic oxidation sites excluding steroid dienone is 4. The highest BCUT2D eigenvalue weighted by Crippen LogP contribution is 2.29. The predicted octanol–water partition coefficient (Wildman–Crippen LogP) is 6.26. The third-order valence-corrected chi connectivity index (χ3v) is 4.77. The molecule has 1 amide bonds. The molecule has 5 nitrogen and oxygen atoms in total. The first-order valence-electron chi connectivity index (χ1n) is 10.6. The van der Waals surface area contributed by atoms with Gasteiger partial charge in [-0.1, -0.05) is 38.1 Å². The molecule has 32 heavy (non-hydrogen) atoms. The van der Waals surface area contributed by atoms with Gasteiger partial charge in [0.25, 0.3) is 5.91 Å². The first-order chi connectivity index (χ1) is 15.6. The summed E-state index contributed by atoms with van der Waals surface area (Å²) in [5, 5.41) is 2.79. The molecule has 1 aliphatic carbocycles. The zero-order valence-corrected chi connectivity index (χ0v) is 18.4. The van der Waals surface area contributed by atoms with Crippen molar-refractivity contribution in [3.8, 4) is 11.5 Å². The fourth-order valence-corrected chi connectivity index (χ4v) is 3.21. The maximum Gasteiger partial charge on any atom is 0.251 e. The van der Waals surface area contributed by atoms with Gasteiger partial charge < -0.3 is 10.1 Å². The second-order valence-electron chi connectivity index (χ2n) is 6.90. The highest BCUT2D eigenvalue weighted by molar-refractivity contribution is 5.96. The zero-order chi connectivity index (χ0) is 22.9. The van der Waals surface area contributed by atoms with Crippen LogP contribution in [0.15, 0.2) is 73.2 Å². The normalized spacial score (nSPS) is 11.9. The molecule has 0 saturated carbocycles. The van der Waals surface area contributed by atoms with Crippen molar-refractivity contribution in [3.63, 3.8) is 0 Å². The molecule has 2 heterocycles.